The van der Waals surface area contributed by atoms with Gasteiger partial charge in [0, 0.05) is 35.6 Å². The summed E-state index contributed by atoms with van der Waals surface area (Å²) in [6.07, 6.45) is 1.08. The molecule has 2 unspecified atom stereocenters. The SMILES string of the molecule is COc1ccc2[nH]c3c(c2c1)CC1(C)C(=O)N(CCCNC(C)C)C(=O)N1C3c1cccc(O)c1. The van der Waals surface area contributed by atoms with Gasteiger partial charge < -0.3 is 20.1 Å². The molecule has 0 aliphatic carbocycles. The number of carbonyl (C=O) groups excluding carboxylic acids is 2. The zero-order valence-corrected chi connectivity index (χ0v) is 20.6. The smallest absolute Gasteiger partial charge is 0.328 e. The monoisotopic (exact) mass is 476 g/mol. The topological polar surface area (TPSA) is 97.9 Å². The number of aromatic amines is 1. The molecule has 0 bridgehead atoms. The highest BCUT2D eigenvalue weighted by molar-refractivity contribution is 6.08. The molecule has 0 spiro atoms. The Morgan fingerprint density at radius 3 is 2.74 bits per heavy atom. The summed E-state index contributed by atoms with van der Waals surface area (Å²) in [5, 5.41) is 14.6. The van der Waals surface area contributed by atoms with E-state index in [0.717, 1.165) is 40.0 Å². The molecule has 3 heterocycles. The Labute approximate surface area is 204 Å². The second-order valence-electron chi connectivity index (χ2n) is 9.95. The van der Waals surface area contributed by atoms with Crippen molar-refractivity contribution < 1.29 is 19.4 Å². The molecule has 8 nitrogen and oxygen atoms in total. The minimum Gasteiger partial charge on any atom is -0.508 e. The molecule has 184 valence electrons. The van der Waals surface area contributed by atoms with Crippen LogP contribution in [0.15, 0.2) is 42.5 Å². The van der Waals surface area contributed by atoms with Crippen LogP contribution in [0.1, 0.15) is 50.1 Å². The highest BCUT2D eigenvalue weighted by atomic mass is 16.5. The fourth-order valence-electron chi connectivity index (χ4n) is 5.49. The molecule has 1 saturated heterocycles. The Balaban J connectivity index is 1.61. The van der Waals surface area contributed by atoms with Crippen molar-refractivity contribution in [3.05, 3.63) is 59.3 Å². The average Bonchev–Trinajstić information content (AvgIpc) is 3.27. The molecule has 2 aromatic carbocycles. The van der Waals surface area contributed by atoms with E-state index >= 15 is 0 Å². The van der Waals surface area contributed by atoms with Gasteiger partial charge in [-0.3, -0.25) is 14.6 Å². The molecule has 2 atom stereocenters. The van der Waals surface area contributed by atoms with Crippen molar-refractivity contribution in [3.63, 3.8) is 0 Å². The lowest BCUT2D eigenvalue weighted by molar-refractivity contribution is -0.133. The third-order valence-electron chi connectivity index (χ3n) is 7.17. The fourth-order valence-corrected chi connectivity index (χ4v) is 5.49. The van der Waals surface area contributed by atoms with Crippen LogP contribution in [0, 0.1) is 0 Å². The molecule has 3 amide bonds. The molecule has 0 saturated carbocycles. The summed E-state index contributed by atoms with van der Waals surface area (Å²) >= 11 is 0. The van der Waals surface area contributed by atoms with Crippen molar-refractivity contribution in [1.29, 1.82) is 0 Å². The van der Waals surface area contributed by atoms with Crippen molar-refractivity contribution in [2.75, 3.05) is 20.2 Å². The maximum absolute atomic E-state index is 13.8. The standard InChI is InChI=1S/C27H32N4O4/c1-16(2)28-11-6-12-30-25(33)27(3)15-21-20-14-19(35-4)9-10-22(20)29-23(21)24(31(27)26(30)34)17-7-5-8-18(32)13-17/h5,7-10,13-14,16,24,28-29,32H,6,11-12,15H2,1-4H3. The lowest BCUT2D eigenvalue weighted by Gasteiger charge is -2.42. The van der Waals surface area contributed by atoms with Gasteiger partial charge in [-0.15, -0.1) is 0 Å². The highest BCUT2D eigenvalue weighted by Crippen LogP contribution is 2.49. The summed E-state index contributed by atoms with van der Waals surface area (Å²) in [6.45, 7) is 7.09. The van der Waals surface area contributed by atoms with Crippen LogP contribution < -0.4 is 10.1 Å². The molecule has 8 heteroatoms. The molecule has 1 fully saturated rings. The van der Waals surface area contributed by atoms with E-state index in [4.69, 9.17) is 4.74 Å². The van der Waals surface area contributed by atoms with Gasteiger partial charge in [-0.1, -0.05) is 26.0 Å². The van der Waals surface area contributed by atoms with Gasteiger partial charge in [-0.25, -0.2) is 4.79 Å². The number of aromatic hydroxyl groups is 1. The first kappa shape index (κ1) is 23.2. The van der Waals surface area contributed by atoms with Gasteiger partial charge >= 0.3 is 6.03 Å². The number of phenolic OH excluding ortho intramolecular Hbond substituents is 1. The van der Waals surface area contributed by atoms with Crippen molar-refractivity contribution in [3.8, 4) is 11.5 Å². The summed E-state index contributed by atoms with van der Waals surface area (Å²) in [6, 6.07) is 12.2. The number of fused-ring (bicyclic) bond motifs is 4. The Hall–Kier alpha value is -3.52. The summed E-state index contributed by atoms with van der Waals surface area (Å²) in [4.78, 5) is 34.2. The molecular weight excluding hydrogens is 444 g/mol. The summed E-state index contributed by atoms with van der Waals surface area (Å²) in [5.41, 5.74) is 2.49. The maximum Gasteiger partial charge on any atom is 0.328 e. The van der Waals surface area contributed by atoms with E-state index in [1.807, 2.05) is 31.2 Å². The maximum atomic E-state index is 13.8. The van der Waals surface area contributed by atoms with Crippen LogP contribution in [-0.4, -0.2) is 63.6 Å². The molecule has 3 aromatic rings. The van der Waals surface area contributed by atoms with Crippen LogP contribution in [0.5, 0.6) is 11.5 Å². The quantitative estimate of drug-likeness (QED) is 0.355. The predicted molar refractivity (Wildman–Crippen MR) is 134 cm³/mol. The molecule has 1 aromatic heterocycles. The van der Waals surface area contributed by atoms with E-state index in [0.29, 0.717) is 25.4 Å². The van der Waals surface area contributed by atoms with E-state index in [9.17, 15) is 14.7 Å². The molecular formula is C27H32N4O4. The van der Waals surface area contributed by atoms with Crippen molar-refractivity contribution >= 4 is 22.8 Å². The number of nitrogens with one attached hydrogen (secondary N) is 2. The second-order valence-corrected chi connectivity index (χ2v) is 9.95. The minimum atomic E-state index is -1.04. The number of aromatic nitrogens is 1. The van der Waals surface area contributed by atoms with E-state index in [-0.39, 0.29) is 17.7 Å². The number of amides is 3. The van der Waals surface area contributed by atoms with Gasteiger partial charge in [-0.05, 0) is 61.3 Å². The van der Waals surface area contributed by atoms with Gasteiger partial charge in [-0.2, -0.15) is 0 Å². The molecule has 35 heavy (non-hydrogen) atoms. The first-order chi connectivity index (χ1) is 16.7. The first-order valence-corrected chi connectivity index (χ1v) is 12.1. The largest absolute Gasteiger partial charge is 0.508 e. The number of hydrogen-bond donors (Lipinski definition) is 3. The summed E-state index contributed by atoms with van der Waals surface area (Å²) in [7, 11) is 1.63. The summed E-state index contributed by atoms with van der Waals surface area (Å²) < 4.78 is 5.46. The molecule has 2 aliphatic heterocycles. The summed E-state index contributed by atoms with van der Waals surface area (Å²) in [5.74, 6) is 0.665. The van der Waals surface area contributed by atoms with Gasteiger partial charge in [0.2, 0.25) is 0 Å². The third-order valence-corrected chi connectivity index (χ3v) is 7.17. The van der Waals surface area contributed by atoms with Crippen LogP contribution in [0.4, 0.5) is 4.79 Å². The Kier molecular flexibility index (Phi) is 5.71. The van der Waals surface area contributed by atoms with E-state index < -0.39 is 11.6 Å². The van der Waals surface area contributed by atoms with Crippen molar-refractivity contribution in [2.24, 2.45) is 0 Å². The van der Waals surface area contributed by atoms with Crippen LogP contribution in [0.2, 0.25) is 0 Å². The number of methoxy groups -OCH3 is 1. The van der Waals surface area contributed by atoms with Gasteiger partial charge in [0.1, 0.15) is 23.1 Å². The van der Waals surface area contributed by atoms with E-state index in [2.05, 4.69) is 24.1 Å². The number of benzene rings is 2. The third kappa shape index (κ3) is 3.72. The number of carbonyl (C=O) groups is 2. The average molecular weight is 477 g/mol. The number of H-pyrrole nitrogens is 1. The zero-order valence-electron chi connectivity index (χ0n) is 20.6. The molecule has 0 radical (unpaired) electrons. The zero-order chi connectivity index (χ0) is 24.9. The second kappa shape index (κ2) is 8.61. The number of rotatable bonds is 7. The molecule has 5 rings (SSSR count). The number of nitrogens with zero attached hydrogens (tertiary/aromatic N) is 2. The number of ether oxygens (including phenoxy) is 1. The van der Waals surface area contributed by atoms with E-state index in [1.54, 1.807) is 30.2 Å². The Morgan fingerprint density at radius 2 is 2.03 bits per heavy atom. The number of phenols is 1. The van der Waals surface area contributed by atoms with Gasteiger partial charge in [0.25, 0.3) is 5.91 Å². The van der Waals surface area contributed by atoms with Crippen LogP contribution in [-0.2, 0) is 11.2 Å². The normalized spacial score (nSPS) is 21.7. The first-order valence-electron chi connectivity index (χ1n) is 12.1. The van der Waals surface area contributed by atoms with Crippen LogP contribution in [0.3, 0.4) is 0 Å². The predicted octanol–water partition coefficient (Wildman–Crippen LogP) is 3.94. The lowest BCUT2D eigenvalue weighted by atomic mass is 9.81. The fraction of sp³-hybridized carbons (Fsp3) is 0.407. The number of hydrogen-bond acceptors (Lipinski definition) is 5. The minimum absolute atomic E-state index is 0.115. The lowest BCUT2D eigenvalue weighted by Crippen LogP contribution is -2.53. The van der Waals surface area contributed by atoms with Crippen LogP contribution >= 0.6 is 0 Å². The van der Waals surface area contributed by atoms with Gasteiger partial charge in [0.05, 0.1) is 7.11 Å². The molecule has 2 aliphatic rings. The highest BCUT2D eigenvalue weighted by Gasteiger charge is 2.60. The Morgan fingerprint density at radius 1 is 1.23 bits per heavy atom. The van der Waals surface area contributed by atoms with Crippen molar-refractivity contribution in [2.45, 2.75) is 51.2 Å². The number of imide groups is 1. The Bertz CT molecular complexity index is 1300. The van der Waals surface area contributed by atoms with Crippen LogP contribution in [0.25, 0.3) is 10.9 Å². The number of urea groups is 1. The molecule has 3 N–H and O–H groups in total. The van der Waals surface area contributed by atoms with E-state index in [1.165, 1.54) is 4.90 Å². The van der Waals surface area contributed by atoms with Crippen molar-refractivity contribution in [1.82, 2.24) is 20.1 Å². The van der Waals surface area contributed by atoms with Gasteiger partial charge in [0.15, 0.2) is 0 Å².